The second-order valence-electron chi connectivity index (χ2n) is 4.65. The van der Waals surface area contributed by atoms with E-state index < -0.39 is 24.6 Å². The summed E-state index contributed by atoms with van der Waals surface area (Å²) in [6, 6.07) is 3.11. The molecule has 3 nitrogen and oxygen atoms in total. The minimum absolute atomic E-state index is 0. The number of halogens is 6. The molecule has 0 aromatic heterocycles. The van der Waals surface area contributed by atoms with Crippen LogP contribution in [0.4, 0.5) is 22.0 Å². The molecular formula is C13H16ClF5N2O. The molecule has 1 N–H and O–H groups in total. The van der Waals surface area contributed by atoms with Crippen LogP contribution in [0.15, 0.2) is 24.3 Å². The van der Waals surface area contributed by atoms with Crippen LogP contribution in [-0.4, -0.2) is 43.9 Å². The third kappa shape index (κ3) is 4.69. The van der Waals surface area contributed by atoms with Gasteiger partial charge in [0, 0.05) is 31.7 Å². The third-order valence-corrected chi connectivity index (χ3v) is 3.26. The van der Waals surface area contributed by atoms with E-state index >= 15 is 0 Å². The molecule has 1 aromatic carbocycles. The number of alkyl halides is 5. The normalized spacial score (nSPS) is 17.9. The largest absolute Gasteiger partial charge is 0.434 e. The third-order valence-electron chi connectivity index (χ3n) is 3.26. The number of benzene rings is 1. The van der Waals surface area contributed by atoms with Crippen molar-refractivity contribution in [3.8, 4) is 5.75 Å². The van der Waals surface area contributed by atoms with Gasteiger partial charge in [-0.1, -0.05) is 18.2 Å². The molecule has 1 aromatic rings. The predicted octanol–water partition coefficient (Wildman–Crippen LogP) is 3.22. The molecule has 0 spiro atoms. The van der Waals surface area contributed by atoms with Gasteiger partial charge in [0.25, 0.3) is 0 Å². The van der Waals surface area contributed by atoms with Gasteiger partial charge < -0.3 is 10.1 Å². The van der Waals surface area contributed by atoms with Crippen LogP contribution in [0, 0.1) is 0 Å². The minimum Gasteiger partial charge on any atom is -0.434 e. The SMILES string of the molecule is Cl.FC(F)Oc1ccccc1[C@H](N1CCNCC1)C(F)(F)F. The van der Waals surface area contributed by atoms with Crippen LogP contribution in [0.1, 0.15) is 11.6 Å². The Hall–Kier alpha value is -1.12. The van der Waals surface area contributed by atoms with Crippen LogP contribution >= 0.6 is 12.4 Å². The van der Waals surface area contributed by atoms with E-state index in [1.54, 1.807) is 0 Å². The maximum Gasteiger partial charge on any atom is 0.408 e. The van der Waals surface area contributed by atoms with Crippen LogP contribution in [0.25, 0.3) is 0 Å². The van der Waals surface area contributed by atoms with Gasteiger partial charge in [-0.2, -0.15) is 22.0 Å². The molecular weight excluding hydrogens is 331 g/mol. The Morgan fingerprint density at radius 3 is 2.23 bits per heavy atom. The van der Waals surface area contributed by atoms with E-state index in [0.29, 0.717) is 13.1 Å². The van der Waals surface area contributed by atoms with Crippen molar-refractivity contribution < 1.29 is 26.7 Å². The lowest BCUT2D eigenvalue weighted by Crippen LogP contribution is -2.49. The highest BCUT2D eigenvalue weighted by molar-refractivity contribution is 5.85. The number of piperazine rings is 1. The summed E-state index contributed by atoms with van der Waals surface area (Å²) in [5, 5.41) is 2.96. The Bertz CT molecular complexity index is 466. The fourth-order valence-corrected chi connectivity index (χ4v) is 2.43. The van der Waals surface area contributed by atoms with Crippen molar-refractivity contribution >= 4 is 12.4 Å². The molecule has 1 fully saturated rings. The van der Waals surface area contributed by atoms with Crippen LogP contribution in [0.3, 0.4) is 0 Å². The molecule has 2 rings (SSSR count). The molecule has 0 unspecified atom stereocenters. The lowest BCUT2D eigenvalue weighted by atomic mass is 10.0. The maximum absolute atomic E-state index is 13.4. The van der Waals surface area contributed by atoms with Crippen molar-refractivity contribution in [3.05, 3.63) is 29.8 Å². The summed E-state index contributed by atoms with van der Waals surface area (Å²) >= 11 is 0. The van der Waals surface area contributed by atoms with Crippen molar-refractivity contribution in [2.45, 2.75) is 18.8 Å². The van der Waals surface area contributed by atoms with Crippen LogP contribution in [0.2, 0.25) is 0 Å². The Labute approximate surface area is 130 Å². The van der Waals surface area contributed by atoms with E-state index in [4.69, 9.17) is 0 Å². The summed E-state index contributed by atoms with van der Waals surface area (Å²) in [6.45, 7) is -1.95. The summed E-state index contributed by atoms with van der Waals surface area (Å²) in [5.74, 6) is -0.437. The number of hydrogen-bond donors (Lipinski definition) is 1. The Kier molecular flexibility index (Phi) is 6.83. The predicted molar refractivity (Wildman–Crippen MR) is 73.6 cm³/mol. The van der Waals surface area contributed by atoms with Crippen molar-refractivity contribution in [2.75, 3.05) is 26.2 Å². The molecule has 0 amide bonds. The number of hydrogen-bond acceptors (Lipinski definition) is 3. The Balaban J connectivity index is 0.00000242. The highest BCUT2D eigenvalue weighted by Gasteiger charge is 2.46. The topological polar surface area (TPSA) is 24.5 Å². The van der Waals surface area contributed by atoms with E-state index in [0.717, 1.165) is 6.07 Å². The number of nitrogens with zero attached hydrogens (tertiary/aromatic N) is 1. The van der Waals surface area contributed by atoms with Crippen molar-refractivity contribution in [1.29, 1.82) is 0 Å². The van der Waals surface area contributed by atoms with E-state index in [9.17, 15) is 22.0 Å². The first-order chi connectivity index (χ1) is 9.89. The number of nitrogens with one attached hydrogen (secondary N) is 1. The van der Waals surface area contributed by atoms with Crippen molar-refractivity contribution in [1.82, 2.24) is 10.2 Å². The van der Waals surface area contributed by atoms with Gasteiger partial charge >= 0.3 is 12.8 Å². The van der Waals surface area contributed by atoms with Gasteiger partial charge in [0.15, 0.2) is 0 Å². The fourth-order valence-electron chi connectivity index (χ4n) is 2.43. The van der Waals surface area contributed by atoms with Crippen LogP contribution < -0.4 is 10.1 Å². The zero-order chi connectivity index (χ0) is 15.5. The molecule has 0 aliphatic carbocycles. The summed E-state index contributed by atoms with van der Waals surface area (Å²) in [5.41, 5.74) is -0.285. The molecule has 1 heterocycles. The minimum atomic E-state index is -4.57. The zero-order valence-corrected chi connectivity index (χ0v) is 12.3. The van der Waals surface area contributed by atoms with Gasteiger partial charge in [-0.25, -0.2) is 0 Å². The average Bonchev–Trinajstić information content (AvgIpc) is 2.40. The maximum atomic E-state index is 13.4. The van der Waals surface area contributed by atoms with Gasteiger partial charge in [0.2, 0.25) is 0 Å². The Morgan fingerprint density at radius 1 is 1.09 bits per heavy atom. The van der Waals surface area contributed by atoms with Gasteiger partial charge in [0.1, 0.15) is 11.8 Å². The number of para-hydroxylation sites is 1. The number of rotatable bonds is 4. The first-order valence-corrected chi connectivity index (χ1v) is 6.45. The van der Waals surface area contributed by atoms with E-state index in [-0.39, 0.29) is 31.1 Å². The molecule has 1 aliphatic heterocycles. The zero-order valence-electron chi connectivity index (χ0n) is 11.4. The van der Waals surface area contributed by atoms with Crippen LogP contribution in [0.5, 0.6) is 5.75 Å². The Morgan fingerprint density at radius 2 is 1.68 bits per heavy atom. The van der Waals surface area contributed by atoms with E-state index in [1.807, 2.05) is 0 Å². The summed E-state index contributed by atoms with van der Waals surface area (Å²) in [6.07, 6.45) is -4.57. The van der Waals surface area contributed by atoms with Gasteiger partial charge in [0.05, 0.1) is 0 Å². The van der Waals surface area contributed by atoms with E-state index in [2.05, 4.69) is 10.1 Å². The first-order valence-electron chi connectivity index (χ1n) is 6.45. The quantitative estimate of drug-likeness (QED) is 0.847. The molecule has 9 heteroatoms. The molecule has 0 radical (unpaired) electrons. The van der Waals surface area contributed by atoms with E-state index in [1.165, 1.54) is 23.1 Å². The molecule has 0 bridgehead atoms. The fraction of sp³-hybridized carbons (Fsp3) is 0.538. The molecule has 1 aliphatic rings. The van der Waals surface area contributed by atoms with Gasteiger partial charge in [-0.05, 0) is 6.07 Å². The van der Waals surface area contributed by atoms with Gasteiger partial charge in [-0.3, -0.25) is 4.90 Å². The van der Waals surface area contributed by atoms with Crippen molar-refractivity contribution in [3.63, 3.8) is 0 Å². The lowest BCUT2D eigenvalue weighted by Gasteiger charge is -2.36. The monoisotopic (exact) mass is 346 g/mol. The summed E-state index contributed by atoms with van der Waals surface area (Å²) in [4.78, 5) is 1.23. The van der Waals surface area contributed by atoms with Crippen LogP contribution in [-0.2, 0) is 0 Å². The highest BCUT2D eigenvalue weighted by atomic mass is 35.5. The lowest BCUT2D eigenvalue weighted by molar-refractivity contribution is -0.188. The van der Waals surface area contributed by atoms with Crippen molar-refractivity contribution in [2.24, 2.45) is 0 Å². The smallest absolute Gasteiger partial charge is 0.408 e. The summed E-state index contributed by atoms with van der Waals surface area (Å²) in [7, 11) is 0. The molecule has 1 atom stereocenters. The molecule has 126 valence electrons. The molecule has 1 saturated heterocycles. The van der Waals surface area contributed by atoms with Gasteiger partial charge in [-0.15, -0.1) is 12.4 Å². The number of ether oxygens (including phenoxy) is 1. The second kappa shape index (κ2) is 7.94. The second-order valence-corrected chi connectivity index (χ2v) is 4.65. The molecule has 0 saturated carbocycles. The highest BCUT2D eigenvalue weighted by Crippen LogP contribution is 2.41. The average molecular weight is 347 g/mol. The molecule has 22 heavy (non-hydrogen) atoms. The first kappa shape index (κ1) is 18.9. The summed E-state index contributed by atoms with van der Waals surface area (Å²) < 4.78 is 69.2. The standard InChI is InChI=1S/C13H15F5N2O.ClH/c14-12(15)21-10-4-2-1-3-9(10)11(13(16,17)18)20-7-5-19-6-8-20;/h1-4,11-12,19H,5-8H2;1H/t11-;/m0./s1.